The Morgan fingerprint density at radius 3 is 2.53 bits per heavy atom. The molecule has 0 radical (unpaired) electrons. The summed E-state index contributed by atoms with van der Waals surface area (Å²) in [5.74, 6) is 2.22. The molecule has 7 rings (SSSR count). The van der Waals surface area contributed by atoms with Gasteiger partial charge in [0.1, 0.15) is 23.7 Å². The van der Waals surface area contributed by atoms with Gasteiger partial charge in [0, 0.05) is 61.7 Å². The molecule has 2 aliphatic carbocycles. The van der Waals surface area contributed by atoms with Crippen molar-refractivity contribution in [1.82, 2.24) is 34.3 Å². The first-order valence-corrected chi connectivity index (χ1v) is 12.5. The molecule has 0 N–H and O–H groups in total. The minimum absolute atomic E-state index is 0.0685. The second-order valence-electron chi connectivity index (χ2n) is 10.3. The number of aromatic nitrogens is 7. The summed E-state index contributed by atoms with van der Waals surface area (Å²) in [6, 6.07) is 3.70. The van der Waals surface area contributed by atoms with Crippen molar-refractivity contribution in [3.63, 3.8) is 0 Å². The molecule has 4 aromatic heterocycles. The number of methoxy groups -OCH3 is 1. The zero-order valence-electron chi connectivity index (χ0n) is 21.1. The Hall–Kier alpha value is -3.96. The summed E-state index contributed by atoms with van der Waals surface area (Å²) in [5, 5.41) is 4.94. The monoisotopic (exact) mass is 522 g/mol. The van der Waals surface area contributed by atoms with Crippen molar-refractivity contribution in [3.05, 3.63) is 53.5 Å². The molecule has 1 saturated carbocycles. The lowest BCUT2D eigenvalue weighted by molar-refractivity contribution is -0.140. The van der Waals surface area contributed by atoms with Gasteiger partial charge in [0.05, 0.1) is 24.4 Å². The van der Waals surface area contributed by atoms with Crippen LogP contribution in [0.1, 0.15) is 59.8 Å². The first-order valence-electron chi connectivity index (χ1n) is 12.5. The van der Waals surface area contributed by atoms with Crippen LogP contribution in [-0.4, -0.2) is 47.9 Å². The van der Waals surface area contributed by atoms with Gasteiger partial charge in [0.2, 0.25) is 5.88 Å². The average Bonchev–Trinajstić information content (AvgIpc) is 3.20. The molecule has 0 amide bonds. The molecule has 1 saturated heterocycles. The normalized spacial score (nSPS) is 20.3. The number of halogens is 3. The fourth-order valence-electron chi connectivity index (χ4n) is 6.10. The third-order valence-corrected chi connectivity index (χ3v) is 7.85. The van der Waals surface area contributed by atoms with E-state index < -0.39 is 11.9 Å². The molecule has 2 atom stereocenters. The number of hydrogen-bond acceptors (Lipinski definition) is 7. The van der Waals surface area contributed by atoms with E-state index in [0.29, 0.717) is 23.3 Å². The average molecular weight is 523 g/mol. The summed E-state index contributed by atoms with van der Waals surface area (Å²) in [7, 11) is 5.15. The Labute approximate surface area is 216 Å². The molecule has 4 aromatic rings. The molecule has 2 fully saturated rings. The Bertz CT molecular complexity index is 1550. The second kappa shape index (κ2) is 8.02. The molecule has 196 valence electrons. The van der Waals surface area contributed by atoms with Crippen LogP contribution in [0.4, 0.5) is 19.0 Å². The van der Waals surface area contributed by atoms with Crippen molar-refractivity contribution in [3.8, 4) is 28.5 Å². The number of anilines is 1. The van der Waals surface area contributed by atoms with Gasteiger partial charge < -0.3 is 14.2 Å². The first-order chi connectivity index (χ1) is 18.2. The highest BCUT2D eigenvalue weighted by Crippen LogP contribution is 2.56. The highest BCUT2D eigenvalue weighted by Gasteiger charge is 2.48. The molecule has 1 aliphatic heterocycles. The van der Waals surface area contributed by atoms with E-state index >= 15 is 0 Å². The number of alkyl halides is 3. The van der Waals surface area contributed by atoms with Gasteiger partial charge in [-0.3, -0.25) is 4.68 Å². The Kier molecular flexibility index (Phi) is 4.89. The fraction of sp³-hybridized carbons (Fsp3) is 0.423. The van der Waals surface area contributed by atoms with Crippen LogP contribution in [0.3, 0.4) is 0 Å². The van der Waals surface area contributed by atoms with Gasteiger partial charge in [-0.1, -0.05) is 0 Å². The Balaban J connectivity index is 1.25. The predicted octanol–water partition coefficient (Wildman–Crippen LogP) is 4.63. The highest BCUT2D eigenvalue weighted by molar-refractivity contribution is 5.75. The third-order valence-electron chi connectivity index (χ3n) is 7.85. The van der Waals surface area contributed by atoms with E-state index in [2.05, 4.69) is 24.8 Å². The van der Waals surface area contributed by atoms with Crippen LogP contribution in [0.5, 0.6) is 5.88 Å². The lowest BCUT2D eigenvalue weighted by Crippen LogP contribution is -2.28. The summed E-state index contributed by atoms with van der Waals surface area (Å²) < 4.78 is 48.4. The van der Waals surface area contributed by atoms with Crippen molar-refractivity contribution in [2.24, 2.45) is 14.1 Å². The lowest BCUT2D eigenvalue weighted by Gasteiger charge is -2.29. The zero-order valence-corrected chi connectivity index (χ0v) is 21.1. The molecule has 2 bridgehead atoms. The van der Waals surface area contributed by atoms with Crippen molar-refractivity contribution in [2.75, 3.05) is 18.6 Å². The van der Waals surface area contributed by atoms with Crippen LogP contribution in [0.2, 0.25) is 0 Å². The molecular weight excluding hydrogens is 497 g/mol. The molecule has 38 heavy (non-hydrogen) atoms. The van der Waals surface area contributed by atoms with Crippen LogP contribution in [0, 0.1) is 0 Å². The zero-order chi connectivity index (χ0) is 26.3. The summed E-state index contributed by atoms with van der Waals surface area (Å²) >= 11 is 0. The number of nitrogens with zero attached hydrogens (tertiary/aromatic N) is 8. The number of hydrogen-bond donors (Lipinski definition) is 0. The van der Waals surface area contributed by atoms with Gasteiger partial charge in [-0.15, -0.1) is 0 Å². The fourth-order valence-corrected chi connectivity index (χ4v) is 6.10. The maximum Gasteiger partial charge on any atom is 0.434 e. The largest absolute Gasteiger partial charge is 0.480 e. The summed E-state index contributed by atoms with van der Waals surface area (Å²) in [6.45, 7) is 0.793. The van der Waals surface area contributed by atoms with E-state index in [-0.39, 0.29) is 11.9 Å². The van der Waals surface area contributed by atoms with Crippen LogP contribution in [0.25, 0.3) is 22.6 Å². The van der Waals surface area contributed by atoms with E-state index in [9.17, 15) is 13.2 Å². The number of ether oxygens (including phenoxy) is 1. The third kappa shape index (κ3) is 3.42. The number of aryl methyl sites for hydroxylation is 2. The van der Waals surface area contributed by atoms with E-state index in [4.69, 9.17) is 9.84 Å². The summed E-state index contributed by atoms with van der Waals surface area (Å²) in [5.41, 5.74) is 4.71. The SMILES string of the molecule is COc1ncnc(C2CC2)c1-c1nn(C)c2c1C1CC2CN1c1ccc(-c2nc(C(F)(F)F)cn2C)cn1. The number of imidazole rings is 1. The summed E-state index contributed by atoms with van der Waals surface area (Å²) in [4.78, 5) is 19.7. The van der Waals surface area contributed by atoms with Crippen LogP contribution >= 0.6 is 0 Å². The molecule has 5 heterocycles. The molecule has 9 nitrogen and oxygen atoms in total. The number of fused-ring (bicyclic) bond motifs is 5. The van der Waals surface area contributed by atoms with Crippen LogP contribution in [-0.2, 0) is 20.3 Å². The van der Waals surface area contributed by atoms with Crippen LogP contribution in [0.15, 0.2) is 30.9 Å². The minimum Gasteiger partial charge on any atom is -0.480 e. The Morgan fingerprint density at radius 1 is 1.05 bits per heavy atom. The molecule has 3 aliphatic rings. The van der Waals surface area contributed by atoms with Crippen molar-refractivity contribution in [1.29, 1.82) is 0 Å². The van der Waals surface area contributed by atoms with E-state index in [0.717, 1.165) is 60.3 Å². The molecular formula is C26H25F3N8O. The summed E-state index contributed by atoms with van der Waals surface area (Å²) in [6.07, 6.45) is 2.78. The van der Waals surface area contributed by atoms with Gasteiger partial charge in [0.25, 0.3) is 0 Å². The minimum atomic E-state index is -4.50. The standard InChI is InChI=1S/C26H25F3N8O/c1-35-11-17(26(27,28)29)33-24(35)14-6-7-18(30-9-14)37-10-15-8-16(37)19-22(34-36(2)23(15)19)20-21(13-4-5-13)31-12-32-25(20)38-3/h6-7,9,11-13,15-16H,4-5,8,10H2,1-3H3. The van der Waals surface area contributed by atoms with Crippen molar-refractivity contribution < 1.29 is 17.9 Å². The predicted molar refractivity (Wildman–Crippen MR) is 132 cm³/mol. The van der Waals surface area contributed by atoms with Crippen LogP contribution < -0.4 is 9.64 Å². The van der Waals surface area contributed by atoms with Gasteiger partial charge >= 0.3 is 6.18 Å². The lowest BCUT2D eigenvalue weighted by atomic mass is 9.99. The smallest absolute Gasteiger partial charge is 0.434 e. The molecule has 12 heteroatoms. The topological polar surface area (TPSA) is 86.8 Å². The highest BCUT2D eigenvalue weighted by atomic mass is 19.4. The quantitative estimate of drug-likeness (QED) is 0.378. The van der Waals surface area contributed by atoms with E-state index in [1.807, 2.05) is 17.8 Å². The number of pyridine rings is 1. The maximum atomic E-state index is 13.1. The molecule has 2 unspecified atom stereocenters. The molecule has 0 spiro atoms. The van der Waals surface area contributed by atoms with E-state index in [1.165, 1.54) is 10.3 Å². The second-order valence-corrected chi connectivity index (χ2v) is 10.3. The van der Waals surface area contributed by atoms with Crippen molar-refractivity contribution >= 4 is 5.82 Å². The molecule has 0 aromatic carbocycles. The van der Waals surface area contributed by atoms with E-state index in [1.54, 1.807) is 32.7 Å². The van der Waals surface area contributed by atoms with Gasteiger partial charge in [-0.2, -0.15) is 18.3 Å². The van der Waals surface area contributed by atoms with Gasteiger partial charge in [-0.05, 0) is 31.4 Å². The first kappa shape index (κ1) is 23.2. The Morgan fingerprint density at radius 2 is 1.87 bits per heavy atom. The van der Waals surface area contributed by atoms with Gasteiger partial charge in [0.15, 0.2) is 5.69 Å². The number of rotatable bonds is 5. The maximum absolute atomic E-state index is 13.1. The van der Waals surface area contributed by atoms with Gasteiger partial charge in [-0.25, -0.2) is 19.9 Å². The van der Waals surface area contributed by atoms with Crippen molar-refractivity contribution in [2.45, 2.75) is 43.3 Å².